The highest BCUT2D eigenvalue weighted by atomic mass is 16.4. The van der Waals surface area contributed by atoms with Crippen molar-refractivity contribution in [1.29, 1.82) is 0 Å². The Balaban J connectivity index is 2.12. The maximum atomic E-state index is 11.0. The number of fused-ring (bicyclic) bond motifs is 3. The monoisotopic (exact) mass is 217 g/mol. The van der Waals surface area contributed by atoms with E-state index in [1.807, 2.05) is 0 Å². The SMILES string of the molecule is O=C([O-])C1CCCc2c1oc1c2C=CCC1. The van der Waals surface area contributed by atoms with Gasteiger partial charge >= 0.3 is 0 Å². The molecule has 0 amide bonds. The lowest BCUT2D eigenvalue weighted by atomic mass is 9.86. The number of carbonyl (C=O) groups excluding carboxylic acids is 1. The standard InChI is InChI=1S/C13H14O3/c14-13(15)10-6-3-5-9-8-4-1-2-7-11(8)16-12(9)10/h1,4,10H,2-3,5-7H2,(H,14,15)/p-1. The quantitative estimate of drug-likeness (QED) is 0.714. The van der Waals surface area contributed by atoms with E-state index in [4.69, 9.17) is 4.42 Å². The third-order valence-corrected chi connectivity index (χ3v) is 3.50. The van der Waals surface area contributed by atoms with Crippen molar-refractivity contribution < 1.29 is 14.3 Å². The van der Waals surface area contributed by atoms with E-state index in [0.717, 1.165) is 42.6 Å². The second-order valence-corrected chi connectivity index (χ2v) is 4.49. The molecule has 2 aliphatic carbocycles. The molecule has 3 nitrogen and oxygen atoms in total. The molecule has 2 aliphatic rings. The normalized spacial score (nSPS) is 22.6. The number of furan rings is 1. The van der Waals surface area contributed by atoms with Crippen LogP contribution in [0.25, 0.3) is 6.08 Å². The Morgan fingerprint density at radius 2 is 2.31 bits per heavy atom. The molecule has 3 rings (SSSR count). The van der Waals surface area contributed by atoms with Crippen LogP contribution in [-0.4, -0.2) is 5.97 Å². The van der Waals surface area contributed by atoms with Crippen LogP contribution in [0.2, 0.25) is 0 Å². The zero-order valence-electron chi connectivity index (χ0n) is 8.99. The summed E-state index contributed by atoms with van der Waals surface area (Å²) in [6, 6.07) is 0. The van der Waals surface area contributed by atoms with Crippen molar-refractivity contribution in [3.63, 3.8) is 0 Å². The van der Waals surface area contributed by atoms with E-state index in [1.165, 1.54) is 0 Å². The highest BCUT2D eigenvalue weighted by Crippen LogP contribution is 2.39. The number of aryl methyl sites for hydroxylation is 1. The molecule has 1 aromatic heterocycles. The highest BCUT2D eigenvalue weighted by Gasteiger charge is 2.29. The van der Waals surface area contributed by atoms with Crippen LogP contribution in [0.3, 0.4) is 0 Å². The van der Waals surface area contributed by atoms with Crippen LogP contribution in [0.4, 0.5) is 0 Å². The fourth-order valence-electron chi connectivity index (χ4n) is 2.72. The smallest absolute Gasteiger partial charge is 0.116 e. The summed E-state index contributed by atoms with van der Waals surface area (Å²) >= 11 is 0. The first-order chi connectivity index (χ1) is 7.77. The summed E-state index contributed by atoms with van der Waals surface area (Å²) in [6.07, 6.45) is 8.55. The molecule has 0 N–H and O–H groups in total. The lowest BCUT2D eigenvalue weighted by Crippen LogP contribution is -2.31. The molecule has 84 valence electrons. The van der Waals surface area contributed by atoms with Gasteiger partial charge in [-0.2, -0.15) is 0 Å². The van der Waals surface area contributed by atoms with Crippen molar-refractivity contribution in [2.75, 3.05) is 0 Å². The number of hydrogen-bond donors (Lipinski definition) is 0. The fraction of sp³-hybridized carbons (Fsp3) is 0.462. The fourth-order valence-corrected chi connectivity index (χ4v) is 2.72. The third-order valence-electron chi connectivity index (χ3n) is 3.50. The largest absolute Gasteiger partial charge is 0.549 e. The molecule has 0 saturated carbocycles. The molecule has 0 aromatic carbocycles. The first-order valence-corrected chi connectivity index (χ1v) is 5.79. The summed E-state index contributed by atoms with van der Waals surface area (Å²) in [4.78, 5) is 11.0. The minimum atomic E-state index is -1.00. The molecular weight excluding hydrogens is 204 g/mol. The summed E-state index contributed by atoms with van der Waals surface area (Å²) in [5, 5.41) is 11.0. The van der Waals surface area contributed by atoms with Gasteiger partial charge in [-0.25, -0.2) is 0 Å². The summed E-state index contributed by atoms with van der Waals surface area (Å²) < 4.78 is 5.73. The Morgan fingerprint density at radius 1 is 1.44 bits per heavy atom. The van der Waals surface area contributed by atoms with E-state index in [-0.39, 0.29) is 0 Å². The van der Waals surface area contributed by atoms with Crippen LogP contribution in [0.5, 0.6) is 0 Å². The van der Waals surface area contributed by atoms with Crippen LogP contribution in [-0.2, 0) is 17.6 Å². The number of carboxylic acids is 1. The van der Waals surface area contributed by atoms with E-state index in [0.29, 0.717) is 12.2 Å². The highest BCUT2D eigenvalue weighted by molar-refractivity contribution is 5.75. The van der Waals surface area contributed by atoms with Gasteiger partial charge in [-0.1, -0.05) is 12.2 Å². The lowest BCUT2D eigenvalue weighted by Gasteiger charge is -2.21. The molecule has 0 saturated heterocycles. The summed E-state index contributed by atoms with van der Waals surface area (Å²) in [5.74, 6) is 0.0715. The summed E-state index contributed by atoms with van der Waals surface area (Å²) in [6.45, 7) is 0. The third kappa shape index (κ3) is 1.31. The molecule has 0 spiro atoms. The van der Waals surface area contributed by atoms with Crippen molar-refractivity contribution in [1.82, 2.24) is 0 Å². The Hall–Kier alpha value is -1.51. The van der Waals surface area contributed by atoms with Gasteiger partial charge in [0.05, 0.1) is 11.9 Å². The van der Waals surface area contributed by atoms with Crippen molar-refractivity contribution in [2.24, 2.45) is 0 Å². The molecular formula is C13H13O3-. The van der Waals surface area contributed by atoms with Gasteiger partial charge in [0.1, 0.15) is 11.5 Å². The van der Waals surface area contributed by atoms with E-state index in [1.54, 1.807) is 0 Å². The molecule has 16 heavy (non-hydrogen) atoms. The number of carbonyl (C=O) groups is 1. The van der Waals surface area contributed by atoms with E-state index in [2.05, 4.69) is 12.2 Å². The zero-order chi connectivity index (χ0) is 11.1. The van der Waals surface area contributed by atoms with Crippen molar-refractivity contribution in [3.8, 4) is 0 Å². The van der Waals surface area contributed by atoms with Crippen molar-refractivity contribution >= 4 is 12.0 Å². The van der Waals surface area contributed by atoms with Gasteiger partial charge in [-0.05, 0) is 25.7 Å². The predicted octanol–water partition coefficient (Wildman–Crippen LogP) is 1.41. The minimum Gasteiger partial charge on any atom is -0.549 e. The average molecular weight is 217 g/mol. The van der Waals surface area contributed by atoms with Crippen molar-refractivity contribution in [3.05, 3.63) is 28.7 Å². The molecule has 3 heteroatoms. The number of rotatable bonds is 1. The van der Waals surface area contributed by atoms with E-state index < -0.39 is 11.9 Å². The molecule has 1 aromatic rings. The van der Waals surface area contributed by atoms with E-state index in [9.17, 15) is 9.90 Å². The zero-order valence-corrected chi connectivity index (χ0v) is 8.99. The minimum absolute atomic E-state index is 0.539. The van der Waals surface area contributed by atoms with Crippen LogP contribution in [0.1, 0.15) is 47.8 Å². The Kier molecular flexibility index (Phi) is 2.13. The lowest BCUT2D eigenvalue weighted by molar-refractivity contribution is -0.308. The second kappa shape index (κ2) is 3.51. The first-order valence-electron chi connectivity index (χ1n) is 5.79. The summed E-state index contributed by atoms with van der Waals surface area (Å²) in [5.41, 5.74) is 2.23. The molecule has 0 bridgehead atoms. The van der Waals surface area contributed by atoms with Gasteiger partial charge in [-0.15, -0.1) is 0 Å². The maximum absolute atomic E-state index is 11.0. The Labute approximate surface area is 93.8 Å². The van der Waals surface area contributed by atoms with Crippen LogP contribution in [0, 0.1) is 0 Å². The Morgan fingerprint density at radius 3 is 3.12 bits per heavy atom. The predicted molar refractivity (Wildman–Crippen MR) is 56.7 cm³/mol. The maximum Gasteiger partial charge on any atom is 0.116 e. The van der Waals surface area contributed by atoms with Crippen molar-refractivity contribution in [2.45, 2.75) is 38.0 Å². The molecule has 0 radical (unpaired) electrons. The van der Waals surface area contributed by atoms with Gasteiger partial charge in [0.25, 0.3) is 0 Å². The number of hydrogen-bond acceptors (Lipinski definition) is 3. The van der Waals surface area contributed by atoms with Gasteiger partial charge in [0.2, 0.25) is 0 Å². The van der Waals surface area contributed by atoms with Gasteiger partial charge < -0.3 is 14.3 Å². The molecule has 1 heterocycles. The molecule has 1 unspecified atom stereocenters. The number of carboxylic acid groups (broad SMARTS) is 1. The average Bonchev–Trinajstić information content (AvgIpc) is 2.67. The number of allylic oxidation sites excluding steroid dienone is 1. The van der Waals surface area contributed by atoms with Crippen LogP contribution < -0.4 is 5.11 Å². The van der Waals surface area contributed by atoms with Gasteiger partial charge in [0.15, 0.2) is 0 Å². The molecule has 0 fully saturated rings. The number of aliphatic carboxylic acids is 1. The molecule has 0 aliphatic heterocycles. The van der Waals surface area contributed by atoms with Crippen LogP contribution in [0.15, 0.2) is 10.5 Å². The Bertz CT molecular complexity index is 468. The van der Waals surface area contributed by atoms with Crippen LogP contribution >= 0.6 is 0 Å². The van der Waals surface area contributed by atoms with Gasteiger partial charge in [-0.3, -0.25) is 0 Å². The topological polar surface area (TPSA) is 53.3 Å². The van der Waals surface area contributed by atoms with Gasteiger partial charge in [0, 0.05) is 17.5 Å². The first kappa shape index (κ1) is 9.70. The second-order valence-electron chi connectivity index (χ2n) is 4.49. The van der Waals surface area contributed by atoms with E-state index >= 15 is 0 Å². The summed E-state index contributed by atoms with van der Waals surface area (Å²) in [7, 11) is 0. The molecule has 1 atom stereocenters.